The van der Waals surface area contributed by atoms with E-state index in [9.17, 15) is 281 Å². The van der Waals surface area contributed by atoms with Gasteiger partial charge < -0.3 is 18.9 Å². The summed E-state index contributed by atoms with van der Waals surface area (Å²) in [5, 5.41) is 0. The molecule has 0 amide bonds. The highest BCUT2D eigenvalue weighted by molar-refractivity contribution is 5.01. The molecule has 0 saturated heterocycles. The van der Waals surface area contributed by atoms with Gasteiger partial charge in [0.2, 0.25) is 0 Å². The molecule has 7 unspecified atom stereocenters. The summed E-state index contributed by atoms with van der Waals surface area (Å²) in [6.45, 7) is 1.01. The zero-order chi connectivity index (χ0) is 104. The minimum absolute atomic E-state index is 0. The van der Waals surface area contributed by atoms with Crippen molar-refractivity contribution in [2.45, 2.75) is 227 Å². The van der Waals surface area contributed by atoms with Crippen LogP contribution in [0.3, 0.4) is 0 Å². The van der Waals surface area contributed by atoms with Crippen LogP contribution >= 0.6 is 0 Å². The van der Waals surface area contributed by atoms with Gasteiger partial charge in [0.05, 0.1) is 21.5 Å². The lowest BCUT2D eigenvalue weighted by Crippen LogP contribution is -2.64. The van der Waals surface area contributed by atoms with E-state index in [-0.39, 0.29) is 36.6 Å². The summed E-state index contributed by atoms with van der Waals surface area (Å²) in [6, 6.07) is 0. The number of halogens is 64. The molecule has 0 rings (SSSR count). The van der Waals surface area contributed by atoms with E-state index in [0.717, 1.165) is 0 Å². The van der Waals surface area contributed by atoms with E-state index >= 15 is 0 Å². The normalized spacial score (nSPS) is 16.4. The molecular formula is C55H60F64O10. The summed E-state index contributed by atoms with van der Waals surface area (Å²) in [7, 11) is 1.50. The number of alkyl halides is 58. The lowest BCUT2D eigenvalue weighted by Gasteiger charge is -2.38. The predicted octanol–water partition coefficient (Wildman–Crippen LogP) is 30.1. The molecule has 0 fully saturated rings. The minimum atomic E-state index is -7.21. The second-order valence-electron chi connectivity index (χ2n) is 19.9. The molecule has 0 aliphatic heterocycles. The zero-order valence-electron chi connectivity index (χ0n) is 59.5. The lowest BCUT2D eigenvalue weighted by atomic mass is 10.2. The Hall–Kier alpha value is -6.44. The van der Waals surface area contributed by atoms with E-state index in [0.29, 0.717) is 35.4 Å². The van der Waals surface area contributed by atoms with Gasteiger partial charge in [-0.05, 0) is 0 Å². The lowest BCUT2D eigenvalue weighted by molar-refractivity contribution is -0.527. The van der Waals surface area contributed by atoms with Crippen molar-refractivity contribution in [2.75, 3.05) is 48.0 Å². The highest BCUT2D eigenvalue weighted by Gasteiger charge is 2.82. The molecule has 0 aromatic heterocycles. The van der Waals surface area contributed by atoms with E-state index in [4.69, 9.17) is 0 Å². The Morgan fingerprint density at radius 1 is 0.186 bits per heavy atom. The maximum absolute atomic E-state index is 13.5. The molecule has 0 N–H and O–H groups in total. The van der Waals surface area contributed by atoms with Crippen molar-refractivity contribution < 1.29 is 328 Å². The number of rotatable bonds is 33. The van der Waals surface area contributed by atoms with Crippen LogP contribution in [0.15, 0.2) is 74.4 Å². The smallest absolute Gasteiger partial charge is 0.333 e. The summed E-state index contributed by atoms with van der Waals surface area (Å²) >= 11 is 0. The summed E-state index contributed by atoms with van der Waals surface area (Å²) in [4.78, 5) is 0. The van der Waals surface area contributed by atoms with E-state index in [1.807, 2.05) is 20.8 Å². The van der Waals surface area contributed by atoms with Crippen molar-refractivity contribution in [3.63, 3.8) is 0 Å². The van der Waals surface area contributed by atoms with Crippen LogP contribution in [0, 0.1) is 0 Å². The molecule has 788 valence electrons. The summed E-state index contributed by atoms with van der Waals surface area (Å²) in [5.74, 6) is -58.3. The van der Waals surface area contributed by atoms with Gasteiger partial charge in [0.1, 0.15) is 26.4 Å². The number of hydrogen-bond donors (Lipinski definition) is 0. The number of hydrogen-bond acceptors (Lipinski definition) is 10. The Morgan fingerprint density at radius 2 is 0.349 bits per heavy atom. The van der Waals surface area contributed by atoms with Crippen LogP contribution in [-0.4, -0.2) is 206 Å². The molecule has 74 heteroatoms. The first kappa shape index (κ1) is 151. The molecule has 0 heterocycles. The topological polar surface area (TPSA) is 92.3 Å². The van der Waals surface area contributed by atoms with Gasteiger partial charge in [-0.15, -0.1) is 0 Å². The van der Waals surface area contributed by atoms with E-state index in [2.05, 4.69) is 46.3 Å². The largest absolute Gasteiger partial charge is 0.458 e. The quantitative estimate of drug-likeness (QED) is 0.0592. The van der Waals surface area contributed by atoms with Crippen LogP contribution in [0.5, 0.6) is 0 Å². The van der Waals surface area contributed by atoms with Crippen molar-refractivity contribution in [2.24, 2.45) is 0 Å². The van der Waals surface area contributed by atoms with Gasteiger partial charge in [-0.25, -0.2) is 39.5 Å². The SMILES string of the molecule is C.C.C.C.C=C(F)C(F)(F)OC(F)(C(F)(F)F)C(F)(F)OC(F)(CC)C(F)(F)F.C=C(F)C(F)(F)OC(F)(C(F)(F)F)C(F)(F)OCC(F)(F)F.C=C(F)C(F)(F)OC(F)(C(F)(F)F)C(F)(F)OCC(F)(F)F.C=C(F)C(F)(F)OC(F)(CC)C(F)(F)F.C=C(F)C(F)(F)OC(F)(COC(F)(CC)C(F)(F)F)C(F)(F)F.C=C(F)C(F)(F)OCC(F)(F)F.CF.CF.CF. The first-order chi connectivity index (χ1) is 53.9. The molecular weight excluding hydrogens is 2040 g/mol. The van der Waals surface area contributed by atoms with Crippen molar-refractivity contribution in [1.82, 2.24) is 0 Å². The van der Waals surface area contributed by atoms with Gasteiger partial charge in [-0.1, -0.05) is 90.0 Å². The summed E-state index contributed by atoms with van der Waals surface area (Å²) in [5.41, 5.74) is 0. The van der Waals surface area contributed by atoms with Crippen LogP contribution in [-0.2, 0) is 47.4 Å². The van der Waals surface area contributed by atoms with Crippen LogP contribution < -0.4 is 0 Å². The van der Waals surface area contributed by atoms with Crippen molar-refractivity contribution in [3.05, 3.63) is 74.4 Å². The second-order valence-corrected chi connectivity index (χ2v) is 19.9. The molecule has 0 aliphatic rings. The fourth-order valence-electron chi connectivity index (χ4n) is 4.53. The van der Waals surface area contributed by atoms with Crippen molar-refractivity contribution >= 4 is 0 Å². The standard InChI is InChI=1S/C10H7F13O2.C10H9F11O2.2C8H4F12O2.C7H7F7O.C5H4F6O.3CH3F.4CH4/c1-3-5(12,8(16,17)18)24-10(22,23)7(15,9(19,20)21)25-6(13,14)4(2)11;1-3-6(12,9(16,17)18)22-4-7(13,10(19,20)21)23-8(14,15)5(2)11;2*1-3(9)5(13,14)22-6(15,7(16,17)18)8(19,20)21-2-4(10,11)12;1-3-5(9,7(12,13)14)15-6(10,11)4(2)8;1-3(6)5(10,11)12-2-4(7,8)9;3*1-2;;;;/h2-3H2,1H3;2-4H2,1H3;2*1-2H2;2-3H2,1H3;1-2H2;3*1H3;4*1H4. The van der Waals surface area contributed by atoms with E-state index < -0.39 is 238 Å². The minimum Gasteiger partial charge on any atom is -0.333 e. The zero-order valence-corrected chi connectivity index (χ0v) is 59.5. The van der Waals surface area contributed by atoms with Gasteiger partial charge in [-0.2, -0.15) is 228 Å². The third kappa shape index (κ3) is 46.9. The molecule has 0 aliphatic carbocycles. The van der Waals surface area contributed by atoms with Crippen LogP contribution in [0.25, 0.3) is 0 Å². The fourth-order valence-corrected chi connectivity index (χ4v) is 4.53. The van der Waals surface area contributed by atoms with E-state index in [1.54, 1.807) is 19.7 Å². The van der Waals surface area contributed by atoms with Crippen molar-refractivity contribution in [1.29, 1.82) is 0 Å². The molecule has 0 spiro atoms. The number of ether oxygens (including phenoxy) is 10. The van der Waals surface area contributed by atoms with Gasteiger partial charge in [0.15, 0.2) is 35.0 Å². The van der Waals surface area contributed by atoms with Gasteiger partial charge in [-0.3, -0.25) is 41.6 Å². The third-order valence-electron chi connectivity index (χ3n) is 10.6. The Labute approximate surface area is 678 Å². The Balaban J connectivity index is -0.000000113. The van der Waals surface area contributed by atoms with E-state index in [1.165, 1.54) is 0 Å². The summed E-state index contributed by atoms with van der Waals surface area (Å²) in [6.07, 6.45) is -120. The average Bonchev–Trinajstić information content (AvgIpc) is 0.714. The van der Waals surface area contributed by atoms with Gasteiger partial charge >= 0.3 is 158 Å². The second kappa shape index (κ2) is 51.9. The van der Waals surface area contributed by atoms with Crippen LogP contribution in [0.1, 0.15) is 69.7 Å². The first-order valence-electron chi connectivity index (χ1n) is 27.8. The Bertz CT molecular complexity index is 3160. The third-order valence-corrected chi connectivity index (χ3v) is 10.6. The van der Waals surface area contributed by atoms with Gasteiger partial charge in [0, 0.05) is 19.3 Å². The first-order valence-corrected chi connectivity index (χ1v) is 27.8. The highest BCUT2D eigenvalue weighted by atomic mass is 19.5. The maximum atomic E-state index is 13.5. The van der Waals surface area contributed by atoms with Crippen LogP contribution in [0.4, 0.5) is 281 Å². The maximum Gasteiger partial charge on any atom is 0.458 e. The fraction of sp³-hybridized carbons (Fsp3) is 0.782. The van der Waals surface area contributed by atoms with Gasteiger partial charge in [0.25, 0.3) is 0 Å². The predicted molar refractivity (Wildman–Crippen MR) is 303 cm³/mol. The molecule has 0 radical (unpaired) electrons. The Morgan fingerprint density at radius 3 is 0.512 bits per heavy atom. The van der Waals surface area contributed by atoms with Crippen LogP contribution in [0.2, 0.25) is 0 Å². The average molecular weight is 2100 g/mol. The summed E-state index contributed by atoms with van der Waals surface area (Å²) < 4.78 is 806. The molecule has 0 bridgehead atoms. The highest BCUT2D eigenvalue weighted by Crippen LogP contribution is 2.57. The molecule has 10 nitrogen and oxygen atoms in total. The molecule has 0 aromatic carbocycles. The molecule has 0 saturated carbocycles. The molecule has 7 atom stereocenters. The van der Waals surface area contributed by atoms with Crippen molar-refractivity contribution in [3.8, 4) is 0 Å². The Kier molecular flexibility index (Phi) is 60.7. The monoisotopic (exact) mass is 2100 g/mol. The molecule has 129 heavy (non-hydrogen) atoms. The molecule has 0 aromatic rings.